The molecule has 0 spiro atoms. The molecule has 0 saturated heterocycles. The second kappa shape index (κ2) is 14.9. The third-order valence-electron chi connectivity index (χ3n) is 9.06. The van der Waals surface area contributed by atoms with Crippen molar-refractivity contribution in [3.63, 3.8) is 0 Å². The lowest BCUT2D eigenvalue weighted by Gasteiger charge is -2.34. The van der Waals surface area contributed by atoms with Gasteiger partial charge in [0.25, 0.3) is 0 Å². The molecule has 1 N–H and O–H groups in total. The van der Waals surface area contributed by atoms with Gasteiger partial charge >= 0.3 is 0 Å². The fraction of sp³-hybridized carbons (Fsp3) is 0.750. The van der Waals surface area contributed by atoms with Crippen LogP contribution in [-0.2, 0) is 11.2 Å². The summed E-state index contributed by atoms with van der Waals surface area (Å²) in [5, 5.41) is 10.1. The van der Waals surface area contributed by atoms with E-state index in [2.05, 4.69) is 31.2 Å². The van der Waals surface area contributed by atoms with Crippen molar-refractivity contribution < 1.29 is 14.6 Å². The second-order valence-electron chi connectivity index (χ2n) is 11.3. The molecule has 3 rings (SSSR count). The van der Waals surface area contributed by atoms with E-state index in [-0.39, 0.29) is 5.60 Å². The zero-order valence-electron chi connectivity index (χ0n) is 23.0. The van der Waals surface area contributed by atoms with E-state index in [0.717, 1.165) is 62.5 Å². The molecule has 2 saturated carbocycles. The Morgan fingerprint density at radius 1 is 0.886 bits per heavy atom. The van der Waals surface area contributed by atoms with E-state index in [9.17, 15) is 5.11 Å². The Balaban J connectivity index is 1.40. The Labute approximate surface area is 215 Å². The van der Waals surface area contributed by atoms with Gasteiger partial charge in [-0.1, -0.05) is 70.4 Å². The maximum atomic E-state index is 10.1. The predicted octanol–water partition coefficient (Wildman–Crippen LogP) is 9.35. The monoisotopic (exact) mass is 484 g/mol. The summed E-state index contributed by atoms with van der Waals surface area (Å²) in [7, 11) is 3.66. The van der Waals surface area contributed by atoms with Gasteiger partial charge in [-0.25, -0.2) is 0 Å². The van der Waals surface area contributed by atoms with Crippen LogP contribution in [0.5, 0.6) is 5.75 Å². The number of hydrogen-bond donors (Lipinski definition) is 1. The van der Waals surface area contributed by atoms with E-state index in [1.807, 2.05) is 7.11 Å². The number of aryl methyl sites for hydroxylation is 1. The quantitative estimate of drug-likeness (QED) is 0.177. The number of benzene rings is 1. The molecule has 2 fully saturated rings. The fourth-order valence-corrected chi connectivity index (χ4v) is 6.49. The maximum Gasteiger partial charge on any atom is 0.118 e. The normalized spacial score (nSPS) is 21.5. The van der Waals surface area contributed by atoms with E-state index >= 15 is 0 Å². The van der Waals surface area contributed by atoms with Gasteiger partial charge in [-0.3, -0.25) is 0 Å². The van der Waals surface area contributed by atoms with Crippen molar-refractivity contribution in [1.82, 2.24) is 0 Å². The number of hydrogen-bond acceptors (Lipinski definition) is 3. The van der Waals surface area contributed by atoms with E-state index < -0.39 is 0 Å². The number of unbranched alkanes of at least 4 members (excludes halogenated alkanes) is 3. The van der Waals surface area contributed by atoms with Crippen LogP contribution < -0.4 is 4.74 Å². The lowest BCUT2D eigenvalue weighted by Crippen LogP contribution is -2.33. The van der Waals surface area contributed by atoms with Crippen LogP contribution in [0.3, 0.4) is 0 Å². The smallest absolute Gasteiger partial charge is 0.118 e. The Kier molecular flexibility index (Phi) is 12.0. The Morgan fingerprint density at radius 3 is 2.23 bits per heavy atom. The second-order valence-corrected chi connectivity index (χ2v) is 11.3. The molecule has 2 unspecified atom stereocenters. The molecule has 2 aliphatic rings. The zero-order chi connectivity index (χ0) is 24.9. The molecule has 3 atom stereocenters. The third-order valence-corrected chi connectivity index (χ3v) is 9.06. The molecular formula is C32H52O3. The molecule has 198 valence electrons. The Bertz CT molecular complexity index is 747. The van der Waals surface area contributed by atoms with Crippen LogP contribution in [0, 0.1) is 11.8 Å². The van der Waals surface area contributed by atoms with E-state index in [1.54, 1.807) is 7.11 Å². The molecule has 0 aromatic heterocycles. The van der Waals surface area contributed by atoms with Crippen LogP contribution in [-0.4, -0.2) is 24.9 Å². The third kappa shape index (κ3) is 8.85. The molecule has 0 heterocycles. The number of allylic oxidation sites excluding steroid dienone is 2. The van der Waals surface area contributed by atoms with E-state index in [0.29, 0.717) is 5.76 Å². The molecule has 0 radical (unpaired) electrons. The van der Waals surface area contributed by atoms with Crippen LogP contribution in [0.15, 0.2) is 35.6 Å². The fourth-order valence-electron chi connectivity index (χ4n) is 6.49. The first-order valence-corrected chi connectivity index (χ1v) is 14.7. The number of aliphatic hydroxyl groups excluding tert-OH is 1. The molecule has 2 aliphatic carbocycles. The van der Waals surface area contributed by atoms with Crippen molar-refractivity contribution in [2.24, 2.45) is 11.8 Å². The summed E-state index contributed by atoms with van der Waals surface area (Å²) in [6.45, 7) is 2.29. The van der Waals surface area contributed by atoms with Gasteiger partial charge in [0.15, 0.2) is 0 Å². The summed E-state index contributed by atoms with van der Waals surface area (Å²) in [6, 6.07) is 8.54. The lowest BCUT2D eigenvalue weighted by molar-refractivity contribution is -0.0368. The van der Waals surface area contributed by atoms with Crippen molar-refractivity contribution in [2.45, 2.75) is 128 Å². The molecule has 0 bridgehead atoms. The highest BCUT2D eigenvalue weighted by molar-refractivity contribution is 5.27. The summed E-state index contributed by atoms with van der Waals surface area (Å²) in [4.78, 5) is 0. The minimum Gasteiger partial charge on any atom is -0.512 e. The molecule has 1 aromatic carbocycles. The average Bonchev–Trinajstić information content (AvgIpc) is 3.29. The molecule has 35 heavy (non-hydrogen) atoms. The van der Waals surface area contributed by atoms with Gasteiger partial charge in [0.1, 0.15) is 5.75 Å². The zero-order valence-corrected chi connectivity index (χ0v) is 23.0. The first kappa shape index (κ1) is 28.1. The van der Waals surface area contributed by atoms with Gasteiger partial charge in [0.2, 0.25) is 0 Å². The van der Waals surface area contributed by atoms with Gasteiger partial charge in [0, 0.05) is 13.5 Å². The van der Waals surface area contributed by atoms with E-state index in [4.69, 9.17) is 9.47 Å². The maximum absolute atomic E-state index is 10.1. The minimum atomic E-state index is 0.0127. The van der Waals surface area contributed by atoms with Gasteiger partial charge in [-0.05, 0) is 92.9 Å². The Morgan fingerprint density at radius 2 is 1.60 bits per heavy atom. The topological polar surface area (TPSA) is 38.7 Å². The van der Waals surface area contributed by atoms with Crippen LogP contribution in [0.2, 0.25) is 0 Å². The number of methoxy groups -OCH3 is 2. The van der Waals surface area contributed by atoms with Crippen molar-refractivity contribution in [3.05, 3.63) is 41.2 Å². The highest BCUT2D eigenvalue weighted by Crippen LogP contribution is 2.41. The molecule has 0 aliphatic heterocycles. The summed E-state index contributed by atoms with van der Waals surface area (Å²) in [5.41, 5.74) is 2.72. The van der Waals surface area contributed by atoms with Gasteiger partial charge in [0.05, 0.1) is 18.5 Å². The first-order valence-electron chi connectivity index (χ1n) is 14.7. The van der Waals surface area contributed by atoms with Crippen LogP contribution in [0.4, 0.5) is 0 Å². The summed E-state index contributed by atoms with van der Waals surface area (Å²) in [6.07, 6.45) is 22.2. The van der Waals surface area contributed by atoms with E-state index in [1.165, 1.54) is 81.8 Å². The van der Waals surface area contributed by atoms with Crippen molar-refractivity contribution >= 4 is 0 Å². The molecule has 3 heteroatoms. The van der Waals surface area contributed by atoms with Gasteiger partial charge in [-0.2, -0.15) is 0 Å². The standard InChI is InChI=1S/C32H52O3/c1-4-23-32(35-3,24-21-26-17-19-30(34-2)20-18-26)25-22-28-13-9-12-27(28)11-7-5-6-8-16-31(33)29-14-10-15-29/h17-20,27-28,33H,4-16,21-25H2,1-3H3/t27-,28?,32?/m0/s1. The number of ether oxygens (including phenoxy) is 2. The van der Waals surface area contributed by atoms with Crippen molar-refractivity contribution in [3.8, 4) is 5.75 Å². The predicted molar refractivity (Wildman–Crippen MR) is 147 cm³/mol. The first-order chi connectivity index (χ1) is 17.1. The van der Waals surface area contributed by atoms with Crippen LogP contribution in [0.25, 0.3) is 0 Å². The highest BCUT2D eigenvalue weighted by atomic mass is 16.5. The van der Waals surface area contributed by atoms with Crippen LogP contribution in [0.1, 0.15) is 122 Å². The van der Waals surface area contributed by atoms with Crippen molar-refractivity contribution in [2.75, 3.05) is 14.2 Å². The van der Waals surface area contributed by atoms with Gasteiger partial charge < -0.3 is 14.6 Å². The SMILES string of the molecule is CCCC(CCc1ccc(OC)cc1)(CCC1CCC[C@@H]1CCCCCCC(O)=C1CCC1)OC. The average molecular weight is 485 g/mol. The number of aliphatic hydroxyl groups is 1. The van der Waals surface area contributed by atoms with Gasteiger partial charge in [-0.15, -0.1) is 0 Å². The largest absolute Gasteiger partial charge is 0.512 e. The highest BCUT2D eigenvalue weighted by Gasteiger charge is 2.33. The minimum absolute atomic E-state index is 0.0127. The summed E-state index contributed by atoms with van der Waals surface area (Å²) < 4.78 is 11.6. The van der Waals surface area contributed by atoms with Crippen molar-refractivity contribution in [1.29, 1.82) is 0 Å². The lowest BCUT2D eigenvalue weighted by atomic mass is 9.80. The molecule has 0 amide bonds. The molecule has 1 aromatic rings. The summed E-state index contributed by atoms with van der Waals surface area (Å²) in [5.74, 6) is 3.44. The van der Waals surface area contributed by atoms with Crippen LogP contribution >= 0.6 is 0 Å². The Hall–Kier alpha value is -1.48. The molecule has 3 nitrogen and oxygen atoms in total. The summed E-state index contributed by atoms with van der Waals surface area (Å²) >= 11 is 0. The number of rotatable bonds is 17. The molecular weight excluding hydrogens is 432 g/mol.